The molecule has 1 aromatic rings. The van der Waals surface area contributed by atoms with Crippen molar-refractivity contribution in [2.75, 3.05) is 18.4 Å². The fourth-order valence-electron chi connectivity index (χ4n) is 3.40. The Bertz CT molecular complexity index is 523. The van der Waals surface area contributed by atoms with Crippen LogP contribution in [0.25, 0.3) is 0 Å². The summed E-state index contributed by atoms with van der Waals surface area (Å²) < 4.78 is 13.3. The van der Waals surface area contributed by atoms with Gasteiger partial charge in [-0.15, -0.1) is 0 Å². The minimum atomic E-state index is -0.463. The summed E-state index contributed by atoms with van der Waals surface area (Å²) in [7, 11) is 0. The normalized spacial score (nSPS) is 26.2. The Balaban J connectivity index is 1.80. The topological polar surface area (TPSA) is 58.4 Å². The SMILES string of the molecule is O=[N+]([O-])c1ccc(F)cc1NC1CCN2CCCCC12. The number of halogens is 1. The first-order valence-electron chi connectivity index (χ1n) is 7.09. The van der Waals surface area contributed by atoms with Gasteiger partial charge in [-0.25, -0.2) is 4.39 Å². The maximum atomic E-state index is 13.3. The lowest BCUT2D eigenvalue weighted by Gasteiger charge is -2.32. The molecule has 20 heavy (non-hydrogen) atoms. The standard InChI is InChI=1S/C14H18FN3O2/c15-10-4-5-14(18(19)20)12(9-10)16-11-6-8-17-7-2-1-3-13(11)17/h4-5,9,11,13,16H,1-3,6-8H2. The Morgan fingerprint density at radius 3 is 2.95 bits per heavy atom. The number of anilines is 1. The Hall–Kier alpha value is -1.69. The van der Waals surface area contributed by atoms with Crippen molar-refractivity contribution in [3.8, 4) is 0 Å². The lowest BCUT2D eigenvalue weighted by atomic mass is 9.99. The molecule has 0 radical (unpaired) electrons. The van der Waals surface area contributed by atoms with Crippen LogP contribution in [0.5, 0.6) is 0 Å². The van der Waals surface area contributed by atoms with Gasteiger partial charge in [0.05, 0.1) is 4.92 Å². The van der Waals surface area contributed by atoms with Gasteiger partial charge in [0.15, 0.2) is 0 Å². The number of hydrogen-bond acceptors (Lipinski definition) is 4. The third-order valence-electron chi connectivity index (χ3n) is 4.35. The van der Waals surface area contributed by atoms with Crippen molar-refractivity contribution >= 4 is 11.4 Å². The van der Waals surface area contributed by atoms with Crippen molar-refractivity contribution in [1.82, 2.24) is 4.90 Å². The van der Waals surface area contributed by atoms with Gasteiger partial charge < -0.3 is 5.32 Å². The van der Waals surface area contributed by atoms with E-state index in [9.17, 15) is 14.5 Å². The first kappa shape index (κ1) is 13.3. The van der Waals surface area contributed by atoms with E-state index in [0.29, 0.717) is 11.7 Å². The molecular weight excluding hydrogens is 261 g/mol. The Morgan fingerprint density at radius 1 is 1.30 bits per heavy atom. The molecule has 2 saturated heterocycles. The minimum Gasteiger partial charge on any atom is -0.375 e. The van der Waals surface area contributed by atoms with Gasteiger partial charge >= 0.3 is 0 Å². The molecule has 0 amide bonds. The molecule has 3 rings (SSSR count). The lowest BCUT2D eigenvalue weighted by molar-refractivity contribution is -0.384. The second-order valence-electron chi connectivity index (χ2n) is 5.56. The number of piperidine rings is 1. The zero-order valence-electron chi connectivity index (χ0n) is 11.2. The predicted molar refractivity (Wildman–Crippen MR) is 74.3 cm³/mol. The van der Waals surface area contributed by atoms with Crippen LogP contribution in [-0.2, 0) is 0 Å². The van der Waals surface area contributed by atoms with E-state index >= 15 is 0 Å². The molecular formula is C14H18FN3O2. The molecule has 2 heterocycles. The van der Waals surface area contributed by atoms with E-state index in [4.69, 9.17) is 0 Å². The molecule has 2 fully saturated rings. The highest BCUT2D eigenvalue weighted by molar-refractivity contribution is 5.62. The minimum absolute atomic E-state index is 0.0549. The number of nitro benzene ring substituents is 1. The zero-order chi connectivity index (χ0) is 14.1. The van der Waals surface area contributed by atoms with Gasteiger partial charge in [-0.3, -0.25) is 15.0 Å². The number of nitro groups is 1. The summed E-state index contributed by atoms with van der Waals surface area (Å²) >= 11 is 0. The highest BCUT2D eigenvalue weighted by atomic mass is 19.1. The summed E-state index contributed by atoms with van der Waals surface area (Å²) in [5.74, 6) is -0.448. The van der Waals surface area contributed by atoms with Gasteiger partial charge in [0.25, 0.3) is 5.69 Å². The number of nitrogens with one attached hydrogen (secondary N) is 1. The van der Waals surface area contributed by atoms with E-state index in [1.165, 1.54) is 25.0 Å². The maximum absolute atomic E-state index is 13.3. The molecule has 0 aromatic heterocycles. The Kier molecular flexibility index (Phi) is 3.56. The van der Waals surface area contributed by atoms with Crippen LogP contribution >= 0.6 is 0 Å². The summed E-state index contributed by atoms with van der Waals surface area (Å²) in [6.45, 7) is 2.12. The number of fused-ring (bicyclic) bond motifs is 1. The summed E-state index contributed by atoms with van der Waals surface area (Å²) in [5, 5.41) is 14.2. The van der Waals surface area contributed by atoms with Gasteiger partial charge in [-0.2, -0.15) is 0 Å². The van der Waals surface area contributed by atoms with E-state index in [1.807, 2.05) is 0 Å². The largest absolute Gasteiger partial charge is 0.375 e. The van der Waals surface area contributed by atoms with Crippen LogP contribution in [0.3, 0.4) is 0 Å². The molecule has 0 aliphatic carbocycles. The van der Waals surface area contributed by atoms with Crippen LogP contribution in [0.1, 0.15) is 25.7 Å². The van der Waals surface area contributed by atoms with E-state index in [0.717, 1.165) is 32.0 Å². The smallest absolute Gasteiger partial charge is 0.292 e. The fourth-order valence-corrected chi connectivity index (χ4v) is 3.40. The van der Waals surface area contributed by atoms with Crippen molar-refractivity contribution in [3.63, 3.8) is 0 Å². The molecule has 2 aliphatic heterocycles. The van der Waals surface area contributed by atoms with Crippen LogP contribution in [0, 0.1) is 15.9 Å². The fraction of sp³-hybridized carbons (Fsp3) is 0.571. The summed E-state index contributed by atoms with van der Waals surface area (Å²) in [6, 6.07) is 4.18. The molecule has 1 N–H and O–H groups in total. The lowest BCUT2D eigenvalue weighted by Crippen LogP contribution is -2.41. The van der Waals surface area contributed by atoms with Gasteiger partial charge in [-0.1, -0.05) is 6.42 Å². The first-order chi connectivity index (χ1) is 9.65. The van der Waals surface area contributed by atoms with Crippen LogP contribution in [0.4, 0.5) is 15.8 Å². The quantitative estimate of drug-likeness (QED) is 0.682. The average molecular weight is 279 g/mol. The third kappa shape index (κ3) is 2.47. The average Bonchev–Trinajstić information content (AvgIpc) is 2.82. The van der Waals surface area contributed by atoms with E-state index in [1.54, 1.807) is 0 Å². The molecule has 2 aliphatic rings. The highest BCUT2D eigenvalue weighted by Gasteiger charge is 2.36. The predicted octanol–water partition coefficient (Wildman–Crippen LogP) is 2.77. The zero-order valence-corrected chi connectivity index (χ0v) is 11.2. The summed E-state index contributed by atoms with van der Waals surface area (Å²) in [6.07, 6.45) is 4.49. The Labute approximate surface area is 116 Å². The highest BCUT2D eigenvalue weighted by Crippen LogP contribution is 2.32. The summed E-state index contributed by atoms with van der Waals surface area (Å²) in [5.41, 5.74) is 0.244. The van der Waals surface area contributed by atoms with Crippen molar-refractivity contribution in [1.29, 1.82) is 0 Å². The maximum Gasteiger partial charge on any atom is 0.292 e. The monoisotopic (exact) mass is 279 g/mol. The molecule has 0 spiro atoms. The third-order valence-corrected chi connectivity index (χ3v) is 4.35. The Morgan fingerprint density at radius 2 is 2.15 bits per heavy atom. The van der Waals surface area contributed by atoms with Crippen molar-refractivity contribution in [2.45, 2.75) is 37.8 Å². The van der Waals surface area contributed by atoms with Crippen LogP contribution in [-0.4, -0.2) is 35.0 Å². The number of rotatable bonds is 3. The number of nitrogens with zero attached hydrogens (tertiary/aromatic N) is 2. The second-order valence-corrected chi connectivity index (χ2v) is 5.56. The number of hydrogen-bond donors (Lipinski definition) is 1. The number of benzene rings is 1. The van der Waals surface area contributed by atoms with E-state index in [-0.39, 0.29) is 11.7 Å². The molecule has 2 unspecified atom stereocenters. The molecule has 6 heteroatoms. The molecule has 5 nitrogen and oxygen atoms in total. The molecule has 0 bridgehead atoms. The molecule has 0 saturated carbocycles. The van der Waals surface area contributed by atoms with Crippen LogP contribution in [0.2, 0.25) is 0 Å². The van der Waals surface area contributed by atoms with Crippen LogP contribution < -0.4 is 5.32 Å². The van der Waals surface area contributed by atoms with Crippen LogP contribution in [0.15, 0.2) is 18.2 Å². The van der Waals surface area contributed by atoms with Crippen molar-refractivity contribution in [2.24, 2.45) is 0 Å². The molecule has 1 aromatic carbocycles. The molecule has 108 valence electrons. The van der Waals surface area contributed by atoms with E-state index < -0.39 is 10.7 Å². The van der Waals surface area contributed by atoms with E-state index in [2.05, 4.69) is 10.2 Å². The van der Waals surface area contributed by atoms with Crippen molar-refractivity contribution < 1.29 is 9.31 Å². The van der Waals surface area contributed by atoms with Gasteiger partial charge in [0.2, 0.25) is 0 Å². The van der Waals surface area contributed by atoms with Gasteiger partial charge in [-0.05, 0) is 31.9 Å². The van der Waals surface area contributed by atoms with Crippen molar-refractivity contribution in [3.05, 3.63) is 34.1 Å². The summed E-state index contributed by atoms with van der Waals surface area (Å²) in [4.78, 5) is 13.0. The second kappa shape index (κ2) is 5.36. The first-order valence-corrected chi connectivity index (χ1v) is 7.09. The van der Waals surface area contributed by atoms with Gasteiger partial charge in [0, 0.05) is 30.8 Å². The van der Waals surface area contributed by atoms with Gasteiger partial charge in [0.1, 0.15) is 11.5 Å². The molecule has 2 atom stereocenters.